The number of ether oxygens (including phenoxy) is 2. The average Bonchev–Trinajstić information content (AvgIpc) is 3.18. The van der Waals surface area contributed by atoms with E-state index in [1.165, 1.54) is 37.6 Å². The monoisotopic (exact) mass is 445 g/mol. The Hall–Kier alpha value is -3.59. The number of benzene rings is 2. The first-order chi connectivity index (χ1) is 14.8. The number of carbonyl (C=O) groups excluding carboxylic acids is 1. The van der Waals surface area contributed by atoms with Crippen LogP contribution in [0.3, 0.4) is 0 Å². The number of hydrogen-bond acceptors (Lipinski definition) is 7. The second-order valence-corrected chi connectivity index (χ2v) is 7.07. The maximum absolute atomic E-state index is 12.3. The lowest BCUT2D eigenvalue weighted by atomic mass is 10.2. The molecular weight excluding hydrogens is 426 g/mol. The molecule has 3 rings (SSSR count). The van der Waals surface area contributed by atoms with Crippen LogP contribution >= 0.6 is 11.6 Å². The van der Waals surface area contributed by atoms with E-state index in [0.29, 0.717) is 33.1 Å². The molecule has 0 unspecified atom stereocenters. The lowest BCUT2D eigenvalue weighted by Gasteiger charge is -2.17. The summed E-state index contributed by atoms with van der Waals surface area (Å²) in [6.07, 6.45) is 2.17. The van der Waals surface area contributed by atoms with Gasteiger partial charge in [0, 0.05) is 17.5 Å². The van der Waals surface area contributed by atoms with Crippen LogP contribution in [0.2, 0.25) is 5.02 Å². The number of rotatable bonds is 8. The summed E-state index contributed by atoms with van der Waals surface area (Å²) < 4.78 is 16.6. The molecule has 9 nitrogen and oxygen atoms in total. The Bertz CT molecular complexity index is 1160. The molecule has 1 aromatic heterocycles. The molecule has 1 amide bonds. The second kappa shape index (κ2) is 9.48. The summed E-state index contributed by atoms with van der Waals surface area (Å²) in [5.74, 6) is 0.251. The number of halogens is 1. The van der Waals surface area contributed by atoms with Crippen molar-refractivity contribution in [3.63, 3.8) is 0 Å². The van der Waals surface area contributed by atoms with Gasteiger partial charge in [-0.1, -0.05) is 18.5 Å². The summed E-state index contributed by atoms with van der Waals surface area (Å²) >= 11 is 6.31. The van der Waals surface area contributed by atoms with E-state index in [4.69, 9.17) is 25.5 Å². The van der Waals surface area contributed by atoms with Gasteiger partial charge in [0.25, 0.3) is 5.69 Å². The zero-order valence-corrected chi connectivity index (χ0v) is 17.8. The maximum atomic E-state index is 12.3. The van der Waals surface area contributed by atoms with Gasteiger partial charge >= 0.3 is 5.91 Å². The van der Waals surface area contributed by atoms with E-state index in [1.807, 2.05) is 13.8 Å². The highest BCUT2D eigenvalue weighted by Crippen LogP contribution is 2.37. The molecule has 10 heteroatoms. The topological polar surface area (TPSA) is 116 Å². The van der Waals surface area contributed by atoms with Crippen molar-refractivity contribution >= 4 is 40.4 Å². The molecule has 0 bridgehead atoms. The van der Waals surface area contributed by atoms with Gasteiger partial charge < -0.3 is 13.9 Å². The van der Waals surface area contributed by atoms with Crippen molar-refractivity contribution in [3.8, 4) is 11.5 Å². The number of amides is 1. The lowest BCUT2D eigenvalue weighted by Crippen LogP contribution is -2.16. The highest BCUT2D eigenvalue weighted by atomic mass is 35.5. The number of nitro groups is 1. The first kappa shape index (κ1) is 22.1. The zero-order chi connectivity index (χ0) is 22.5. The molecule has 0 aliphatic rings. The normalized spacial score (nSPS) is 12.1. The predicted octanol–water partition coefficient (Wildman–Crippen LogP) is 4.94. The molecule has 0 radical (unpaired) electrons. The Morgan fingerprint density at radius 2 is 2.13 bits per heavy atom. The van der Waals surface area contributed by atoms with E-state index in [1.54, 1.807) is 12.1 Å². The van der Waals surface area contributed by atoms with Crippen LogP contribution in [-0.2, 0) is 0 Å². The average molecular weight is 446 g/mol. The number of fused-ring (bicyclic) bond motifs is 1. The summed E-state index contributed by atoms with van der Waals surface area (Å²) in [6.45, 7) is 3.93. The molecule has 1 atom stereocenters. The Balaban J connectivity index is 1.74. The van der Waals surface area contributed by atoms with Gasteiger partial charge in [0.15, 0.2) is 17.3 Å². The Kier molecular flexibility index (Phi) is 6.76. The van der Waals surface area contributed by atoms with Crippen LogP contribution < -0.4 is 14.9 Å². The third kappa shape index (κ3) is 5.13. The van der Waals surface area contributed by atoms with Crippen molar-refractivity contribution in [3.05, 3.63) is 62.9 Å². The van der Waals surface area contributed by atoms with Gasteiger partial charge in [-0.25, -0.2) is 5.43 Å². The quantitative estimate of drug-likeness (QED) is 0.298. The first-order valence-electron chi connectivity index (χ1n) is 9.38. The second-order valence-electron chi connectivity index (χ2n) is 6.66. The fourth-order valence-corrected chi connectivity index (χ4v) is 2.95. The van der Waals surface area contributed by atoms with Gasteiger partial charge in [-0.3, -0.25) is 14.9 Å². The molecule has 0 aliphatic carbocycles. The number of nitrogens with zero attached hydrogens (tertiary/aromatic N) is 2. The minimum absolute atomic E-state index is 0.0273. The Morgan fingerprint density at radius 3 is 2.81 bits per heavy atom. The molecule has 162 valence electrons. The summed E-state index contributed by atoms with van der Waals surface area (Å²) in [7, 11) is 1.50. The molecule has 2 aromatic carbocycles. The fraction of sp³-hybridized carbons (Fsp3) is 0.238. The van der Waals surface area contributed by atoms with Crippen LogP contribution in [0.25, 0.3) is 11.0 Å². The fourth-order valence-electron chi connectivity index (χ4n) is 2.69. The van der Waals surface area contributed by atoms with Gasteiger partial charge in [0.05, 0.1) is 29.4 Å². The van der Waals surface area contributed by atoms with E-state index in [2.05, 4.69) is 10.5 Å². The summed E-state index contributed by atoms with van der Waals surface area (Å²) in [5.41, 5.74) is 3.19. The zero-order valence-electron chi connectivity index (χ0n) is 17.0. The standard InChI is InChI=1S/C21H20ClN3O6/c1-4-12(2)30-20-16(22)7-13(8-18(20)29-3)11-23-24-21(26)19-10-14-9-15(25(27)28)5-6-17(14)31-19/h5-12H,4H2,1-3H3,(H,24,26)/b23-11+/t12-/m0/s1. The van der Waals surface area contributed by atoms with Crippen LogP contribution in [-0.4, -0.2) is 30.3 Å². The predicted molar refractivity (Wildman–Crippen MR) is 116 cm³/mol. The molecule has 0 saturated heterocycles. The van der Waals surface area contributed by atoms with E-state index in [9.17, 15) is 14.9 Å². The molecule has 3 aromatic rings. The number of nitrogens with one attached hydrogen (secondary N) is 1. The van der Waals surface area contributed by atoms with Crippen molar-refractivity contribution < 1.29 is 23.6 Å². The van der Waals surface area contributed by atoms with Crippen LogP contribution in [0, 0.1) is 10.1 Å². The minimum atomic E-state index is -0.607. The molecule has 1 N–H and O–H groups in total. The molecule has 0 saturated carbocycles. The van der Waals surface area contributed by atoms with Crippen molar-refractivity contribution in [1.29, 1.82) is 0 Å². The number of methoxy groups -OCH3 is 1. The Labute approximate surface area is 182 Å². The molecule has 31 heavy (non-hydrogen) atoms. The third-order valence-electron chi connectivity index (χ3n) is 4.46. The van der Waals surface area contributed by atoms with Crippen molar-refractivity contribution in [2.75, 3.05) is 7.11 Å². The van der Waals surface area contributed by atoms with Crippen molar-refractivity contribution in [2.45, 2.75) is 26.4 Å². The van der Waals surface area contributed by atoms with Crippen LogP contribution in [0.1, 0.15) is 36.4 Å². The summed E-state index contributed by atoms with van der Waals surface area (Å²) in [6, 6.07) is 8.80. The smallest absolute Gasteiger partial charge is 0.307 e. The van der Waals surface area contributed by atoms with Gasteiger partial charge in [-0.05, 0) is 43.2 Å². The van der Waals surface area contributed by atoms with Crippen LogP contribution in [0.4, 0.5) is 5.69 Å². The van der Waals surface area contributed by atoms with Gasteiger partial charge in [-0.2, -0.15) is 5.10 Å². The summed E-state index contributed by atoms with van der Waals surface area (Å²) in [4.78, 5) is 22.7. The Morgan fingerprint density at radius 1 is 1.35 bits per heavy atom. The van der Waals surface area contributed by atoms with Crippen LogP contribution in [0.5, 0.6) is 11.5 Å². The van der Waals surface area contributed by atoms with E-state index < -0.39 is 10.8 Å². The third-order valence-corrected chi connectivity index (χ3v) is 4.74. The molecular formula is C21H20ClN3O6. The number of hydrazone groups is 1. The van der Waals surface area contributed by atoms with E-state index >= 15 is 0 Å². The van der Waals surface area contributed by atoms with Gasteiger partial charge in [-0.15, -0.1) is 0 Å². The highest BCUT2D eigenvalue weighted by molar-refractivity contribution is 6.32. The molecule has 1 heterocycles. The number of non-ortho nitro benzene ring substituents is 1. The van der Waals surface area contributed by atoms with Gasteiger partial charge in [0.2, 0.25) is 0 Å². The highest BCUT2D eigenvalue weighted by Gasteiger charge is 2.16. The number of hydrogen-bond donors (Lipinski definition) is 1. The van der Waals surface area contributed by atoms with Gasteiger partial charge in [0.1, 0.15) is 5.58 Å². The summed E-state index contributed by atoms with van der Waals surface area (Å²) in [5, 5.41) is 15.6. The van der Waals surface area contributed by atoms with Crippen molar-refractivity contribution in [2.24, 2.45) is 5.10 Å². The first-order valence-corrected chi connectivity index (χ1v) is 9.75. The maximum Gasteiger partial charge on any atom is 0.307 e. The number of furan rings is 1. The number of carbonyl (C=O) groups is 1. The van der Waals surface area contributed by atoms with E-state index in [-0.39, 0.29) is 17.6 Å². The van der Waals surface area contributed by atoms with Crippen molar-refractivity contribution in [1.82, 2.24) is 5.43 Å². The van der Waals surface area contributed by atoms with E-state index in [0.717, 1.165) is 6.42 Å². The molecule has 0 fully saturated rings. The van der Waals surface area contributed by atoms with Crippen LogP contribution in [0.15, 0.2) is 45.9 Å². The molecule has 0 spiro atoms. The minimum Gasteiger partial charge on any atom is -0.493 e. The number of nitro benzene ring substituents is 1. The SMILES string of the molecule is CC[C@H](C)Oc1c(Cl)cc(/C=N/NC(=O)c2cc3cc([N+](=O)[O-])ccc3o2)cc1OC. The lowest BCUT2D eigenvalue weighted by molar-refractivity contribution is -0.384. The largest absolute Gasteiger partial charge is 0.493 e. The molecule has 0 aliphatic heterocycles.